The van der Waals surface area contributed by atoms with Gasteiger partial charge >= 0.3 is 6.03 Å². The van der Waals surface area contributed by atoms with Gasteiger partial charge in [-0.1, -0.05) is 18.9 Å². The van der Waals surface area contributed by atoms with Crippen molar-refractivity contribution in [1.82, 2.24) is 4.90 Å². The molecule has 0 spiro atoms. The zero-order valence-electron chi connectivity index (χ0n) is 14.5. The van der Waals surface area contributed by atoms with Crippen LogP contribution in [0, 0.1) is 10.1 Å². The summed E-state index contributed by atoms with van der Waals surface area (Å²) >= 11 is 1.66. The molecule has 1 N–H and O–H groups in total. The first-order valence-corrected chi connectivity index (χ1v) is 9.41. The molecule has 3 rings (SSSR count). The number of likely N-dealkylation sites (tertiary alicyclic amines) is 1. The molecule has 1 aliphatic rings. The number of ether oxygens (including phenoxy) is 1. The van der Waals surface area contributed by atoms with E-state index in [-0.39, 0.29) is 23.5 Å². The van der Waals surface area contributed by atoms with Crippen molar-refractivity contribution < 1.29 is 14.5 Å². The second kappa shape index (κ2) is 8.18. The van der Waals surface area contributed by atoms with Crippen LogP contribution in [-0.2, 0) is 0 Å². The minimum absolute atomic E-state index is 0.0570. The Morgan fingerprint density at radius 2 is 2.19 bits per heavy atom. The lowest BCUT2D eigenvalue weighted by Crippen LogP contribution is -2.37. The summed E-state index contributed by atoms with van der Waals surface area (Å²) in [7, 11) is 1.43. The number of anilines is 1. The molecule has 1 atom stereocenters. The number of methoxy groups -OCH3 is 1. The van der Waals surface area contributed by atoms with Crippen molar-refractivity contribution in [2.45, 2.75) is 31.7 Å². The molecule has 8 heteroatoms. The zero-order valence-corrected chi connectivity index (χ0v) is 15.3. The van der Waals surface area contributed by atoms with Crippen LogP contribution >= 0.6 is 11.3 Å². The molecule has 0 radical (unpaired) electrons. The Balaban J connectivity index is 1.82. The van der Waals surface area contributed by atoms with E-state index in [4.69, 9.17) is 4.74 Å². The molecule has 138 valence electrons. The molecule has 2 aromatic rings. The van der Waals surface area contributed by atoms with Crippen LogP contribution in [-0.4, -0.2) is 29.5 Å². The molecular formula is C18H21N3O4S. The molecule has 1 saturated heterocycles. The summed E-state index contributed by atoms with van der Waals surface area (Å²) < 4.78 is 5.21. The monoisotopic (exact) mass is 375 g/mol. The predicted octanol–water partition coefficient (Wildman–Crippen LogP) is 4.81. The number of nitro benzene ring substituents is 1. The Bertz CT molecular complexity index is 779. The van der Waals surface area contributed by atoms with Gasteiger partial charge in [-0.25, -0.2) is 4.79 Å². The average Bonchev–Trinajstić information content (AvgIpc) is 3.06. The molecule has 2 amide bonds. The topological polar surface area (TPSA) is 84.7 Å². The summed E-state index contributed by atoms with van der Waals surface area (Å²) in [4.78, 5) is 26.4. The molecule has 1 aliphatic heterocycles. The van der Waals surface area contributed by atoms with E-state index >= 15 is 0 Å². The van der Waals surface area contributed by atoms with E-state index in [1.165, 1.54) is 30.2 Å². The van der Waals surface area contributed by atoms with Gasteiger partial charge in [0.15, 0.2) is 0 Å². The number of nitrogens with one attached hydrogen (secondary N) is 1. The fourth-order valence-corrected chi connectivity index (χ4v) is 4.09. The second-order valence-corrected chi connectivity index (χ2v) is 7.13. The number of hydrogen-bond donors (Lipinski definition) is 1. The molecule has 0 aliphatic carbocycles. The third-order valence-electron chi connectivity index (χ3n) is 4.52. The Labute approximate surface area is 155 Å². The highest BCUT2D eigenvalue weighted by Crippen LogP contribution is 2.34. The highest BCUT2D eigenvalue weighted by atomic mass is 32.1. The van der Waals surface area contributed by atoms with Gasteiger partial charge in [0.05, 0.1) is 29.8 Å². The number of carbonyl (C=O) groups is 1. The lowest BCUT2D eigenvalue weighted by molar-refractivity contribution is -0.384. The third-order valence-corrected chi connectivity index (χ3v) is 5.50. The number of benzene rings is 1. The normalized spacial score (nSPS) is 17.4. The van der Waals surface area contributed by atoms with Crippen molar-refractivity contribution in [2.75, 3.05) is 19.0 Å². The van der Waals surface area contributed by atoms with Crippen LogP contribution in [0.1, 0.15) is 36.6 Å². The van der Waals surface area contributed by atoms with Crippen LogP contribution in [0.3, 0.4) is 0 Å². The van der Waals surface area contributed by atoms with Crippen molar-refractivity contribution in [1.29, 1.82) is 0 Å². The Morgan fingerprint density at radius 3 is 2.88 bits per heavy atom. The minimum Gasteiger partial charge on any atom is -0.494 e. The number of thiophene rings is 1. The van der Waals surface area contributed by atoms with E-state index in [2.05, 4.69) is 11.4 Å². The van der Waals surface area contributed by atoms with Gasteiger partial charge in [-0.2, -0.15) is 0 Å². The number of non-ortho nitro benzene ring substituents is 1. The highest BCUT2D eigenvalue weighted by molar-refractivity contribution is 7.10. The van der Waals surface area contributed by atoms with Gasteiger partial charge in [0.2, 0.25) is 0 Å². The molecule has 2 heterocycles. The second-order valence-electron chi connectivity index (χ2n) is 6.15. The van der Waals surface area contributed by atoms with Crippen LogP contribution in [0.5, 0.6) is 5.75 Å². The lowest BCUT2D eigenvalue weighted by Gasteiger charge is -2.29. The number of urea groups is 1. The van der Waals surface area contributed by atoms with Gasteiger partial charge in [-0.15, -0.1) is 11.3 Å². The molecule has 1 unspecified atom stereocenters. The molecular weight excluding hydrogens is 354 g/mol. The SMILES string of the molecule is COc1cc([N+](=O)[O-])ccc1NC(=O)N1CCCCCC1c1cccs1. The van der Waals surface area contributed by atoms with E-state index in [1.54, 1.807) is 11.3 Å². The molecule has 1 aromatic carbocycles. The smallest absolute Gasteiger partial charge is 0.322 e. The Morgan fingerprint density at radius 1 is 1.35 bits per heavy atom. The Kier molecular flexibility index (Phi) is 5.72. The minimum atomic E-state index is -0.490. The first-order valence-electron chi connectivity index (χ1n) is 8.53. The lowest BCUT2D eigenvalue weighted by atomic mass is 10.1. The van der Waals surface area contributed by atoms with Crippen molar-refractivity contribution in [2.24, 2.45) is 0 Å². The molecule has 1 fully saturated rings. The van der Waals surface area contributed by atoms with E-state index < -0.39 is 4.92 Å². The maximum atomic E-state index is 12.9. The molecule has 7 nitrogen and oxygen atoms in total. The van der Waals surface area contributed by atoms with Gasteiger partial charge in [0.1, 0.15) is 5.75 Å². The third kappa shape index (κ3) is 3.96. The fourth-order valence-electron chi connectivity index (χ4n) is 3.21. The summed E-state index contributed by atoms with van der Waals surface area (Å²) in [6.07, 6.45) is 4.09. The number of amides is 2. The largest absolute Gasteiger partial charge is 0.494 e. The maximum Gasteiger partial charge on any atom is 0.322 e. The summed E-state index contributed by atoms with van der Waals surface area (Å²) in [6, 6.07) is 8.09. The van der Waals surface area contributed by atoms with Crippen molar-refractivity contribution in [3.63, 3.8) is 0 Å². The van der Waals surface area contributed by atoms with Gasteiger partial charge in [-0.3, -0.25) is 10.1 Å². The maximum absolute atomic E-state index is 12.9. The fraction of sp³-hybridized carbons (Fsp3) is 0.389. The Hall–Kier alpha value is -2.61. The van der Waals surface area contributed by atoms with Gasteiger partial charge in [0.25, 0.3) is 5.69 Å². The van der Waals surface area contributed by atoms with Gasteiger partial charge in [-0.05, 0) is 30.4 Å². The van der Waals surface area contributed by atoms with Crippen LogP contribution < -0.4 is 10.1 Å². The number of nitro groups is 1. The number of rotatable bonds is 4. The standard InChI is InChI=1S/C18H21N3O4S/c1-25-16-12-13(21(23)24)8-9-14(16)19-18(22)20-10-4-2-3-6-15(20)17-7-5-11-26-17/h5,7-9,11-12,15H,2-4,6,10H2,1H3,(H,19,22). The van der Waals surface area contributed by atoms with E-state index in [9.17, 15) is 14.9 Å². The summed E-state index contributed by atoms with van der Waals surface area (Å²) in [5.74, 6) is 0.273. The molecule has 0 saturated carbocycles. The van der Waals surface area contributed by atoms with Gasteiger partial charge in [0, 0.05) is 17.5 Å². The first kappa shape index (κ1) is 18.2. The van der Waals surface area contributed by atoms with Crippen LogP contribution in [0.4, 0.5) is 16.2 Å². The van der Waals surface area contributed by atoms with Crippen molar-refractivity contribution in [3.8, 4) is 5.75 Å². The van der Waals surface area contributed by atoms with E-state index in [0.29, 0.717) is 12.2 Å². The summed E-state index contributed by atoms with van der Waals surface area (Å²) in [5.41, 5.74) is 0.350. The number of carbonyl (C=O) groups excluding carboxylic acids is 1. The average molecular weight is 375 g/mol. The molecule has 0 bridgehead atoms. The van der Waals surface area contributed by atoms with Crippen molar-refractivity contribution in [3.05, 3.63) is 50.7 Å². The summed E-state index contributed by atoms with van der Waals surface area (Å²) in [5, 5.41) is 15.8. The van der Waals surface area contributed by atoms with Gasteiger partial charge < -0.3 is 15.0 Å². The number of nitrogens with zero attached hydrogens (tertiary/aromatic N) is 2. The van der Waals surface area contributed by atoms with Crippen LogP contribution in [0.15, 0.2) is 35.7 Å². The zero-order chi connectivity index (χ0) is 18.5. The first-order chi connectivity index (χ1) is 12.6. The van der Waals surface area contributed by atoms with Crippen LogP contribution in [0.25, 0.3) is 0 Å². The molecule has 1 aromatic heterocycles. The predicted molar refractivity (Wildman–Crippen MR) is 101 cm³/mol. The number of hydrogen-bond acceptors (Lipinski definition) is 5. The molecule has 26 heavy (non-hydrogen) atoms. The summed E-state index contributed by atoms with van der Waals surface area (Å²) in [6.45, 7) is 0.684. The quantitative estimate of drug-likeness (QED) is 0.613. The van der Waals surface area contributed by atoms with E-state index in [0.717, 1.165) is 25.7 Å². The van der Waals surface area contributed by atoms with E-state index in [1.807, 2.05) is 16.3 Å². The van der Waals surface area contributed by atoms with Crippen LogP contribution in [0.2, 0.25) is 0 Å². The highest BCUT2D eigenvalue weighted by Gasteiger charge is 2.28. The van der Waals surface area contributed by atoms with Crippen molar-refractivity contribution >= 4 is 28.7 Å².